The van der Waals surface area contributed by atoms with Gasteiger partial charge in [0, 0.05) is 18.5 Å². The summed E-state index contributed by atoms with van der Waals surface area (Å²) in [7, 11) is 0. The van der Waals surface area contributed by atoms with Gasteiger partial charge in [0.1, 0.15) is 17.9 Å². The minimum Gasteiger partial charge on any atom is -0.458 e. The third-order valence-corrected chi connectivity index (χ3v) is 5.08. The molecule has 0 aromatic heterocycles. The van der Waals surface area contributed by atoms with E-state index in [1.54, 1.807) is 0 Å². The van der Waals surface area contributed by atoms with E-state index < -0.39 is 5.60 Å². The van der Waals surface area contributed by atoms with Gasteiger partial charge in [-0.25, -0.2) is 0 Å². The van der Waals surface area contributed by atoms with Crippen molar-refractivity contribution >= 4 is 17.4 Å². The Labute approximate surface area is 157 Å². The molecule has 0 amide bonds. The minimum atomic E-state index is -0.755. The number of ether oxygens (including phenoxy) is 1. The Morgan fingerprint density at radius 3 is 2.54 bits per heavy atom. The number of ketones is 1. The van der Waals surface area contributed by atoms with Crippen molar-refractivity contribution in [3.8, 4) is 0 Å². The van der Waals surface area contributed by atoms with Crippen molar-refractivity contribution < 1.29 is 14.3 Å². The first kappa shape index (κ1) is 20.5. The molecule has 1 saturated carbocycles. The number of hydrogen-bond acceptors (Lipinski definition) is 4. The van der Waals surface area contributed by atoms with Crippen molar-refractivity contribution in [1.29, 1.82) is 0 Å². The fourth-order valence-electron chi connectivity index (χ4n) is 3.81. The molecule has 0 bridgehead atoms. The Kier molecular flexibility index (Phi) is 7.67. The topological polar surface area (TPSA) is 55.4 Å². The number of carbonyl (C=O) groups excluding carboxylic acids is 2. The molecule has 26 heavy (non-hydrogen) atoms. The van der Waals surface area contributed by atoms with Crippen molar-refractivity contribution in [2.24, 2.45) is 5.92 Å². The Morgan fingerprint density at radius 2 is 1.85 bits per heavy atom. The van der Waals surface area contributed by atoms with Crippen LogP contribution in [-0.2, 0) is 20.7 Å². The van der Waals surface area contributed by atoms with E-state index >= 15 is 0 Å². The average Bonchev–Trinajstić information content (AvgIpc) is 2.60. The highest BCUT2D eigenvalue weighted by Crippen LogP contribution is 2.28. The summed E-state index contributed by atoms with van der Waals surface area (Å²) in [4.78, 5) is 24.6. The van der Waals surface area contributed by atoms with E-state index in [1.807, 2.05) is 38.1 Å². The van der Waals surface area contributed by atoms with E-state index in [2.05, 4.69) is 12.2 Å². The summed E-state index contributed by atoms with van der Waals surface area (Å²) in [5, 5.41) is 3.15. The van der Waals surface area contributed by atoms with E-state index in [4.69, 9.17) is 4.74 Å². The number of Topliss-reactive ketones (excluding diaryl/α,β-unsaturated/α-hetero) is 1. The zero-order chi connectivity index (χ0) is 19.0. The number of esters is 1. The van der Waals surface area contributed by atoms with Gasteiger partial charge in [0.15, 0.2) is 0 Å². The quantitative estimate of drug-likeness (QED) is 0.636. The molecular weight excluding hydrogens is 326 g/mol. The molecule has 0 saturated heterocycles. The Balaban J connectivity index is 1.77. The lowest BCUT2D eigenvalue weighted by atomic mass is 9.84. The van der Waals surface area contributed by atoms with E-state index in [0.29, 0.717) is 18.8 Å². The first-order valence-electron chi connectivity index (χ1n) is 9.95. The Hall–Kier alpha value is -1.84. The number of hydrogen-bond donors (Lipinski definition) is 1. The maximum Gasteiger partial charge on any atom is 0.325 e. The van der Waals surface area contributed by atoms with Crippen LogP contribution in [0.15, 0.2) is 24.3 Å². The molecule has 1 aromatic rings. The normalized spacial score (nSPS) is 15.5. The van der Waals surface area contributed by atoms with Gasteiger partial charge in [0.05, 0.1) is 0 Å². The molecule has 0 unspecified atom stereocenters. The predicted molar refractivity (Wildman–Crippen MR) is 105 cm³/mol. The molecule has 0 radical (unpaired) electrons. The van der Waals surface area contributed by atoms with Crippen LogP contribution < -0.4 is 5.32 Å². The second kappa shape index (κ2) is 9.75. The average molecular weight is 360 g/mol. The van der Waals surface area contributed by atoms with Gasteiger partial charge in [-0.05, 0) is 37.8 Å². The Bertz CT molecular complexity index is 603. The molecule has 1 aliphatic carbocycles. The molecule has 1 N–H and O–H groups in total. The van der Waals surface area contributed by atoms with Crippen LogP contribution in [0, 0.1) is 5.92 Å². The lowest BCUT2D eigenvalue weighted by Gasteiger charge is -2.26. The van der Waals surface area contributed by atoms with E-state index in [0.717, 1.165) is 24.9 Å². The van der Waals surface area contributed by atoms with Gasteiger partial charge >= 0.3 is 5.97 Å². The standard InChI is InChI=1S/C22H33NO3/c1-4-18-12-8-9-13-20(18)23-16-21(25)26-22(2,3)15-19(24)14-17-10-6-5-7-11-17/h8-9,12-13,17,23H,4-7,10-11,14-16H2,1-3H3. The second-order valence-electron chi connectivity index (χ2n) is 8.02. The number of benzene rings is 1. The molecule has 144 valence electrons. The summed E-state index contributed by atoms with van der Waals surface area (Å²) in [6.45, 7) is 5.84. The van der Waals surface area contributed by atoms with Crippen LogP contribution in [0.2, 0.25) is 0 Å². The summed E-state index contributed by atoms with van der Waals surface area (Å²) in [6.07, 6.45) is 7.91. The van der Waals surface area contributed by atoms with Gasteiger partial charge in [-0.1, -0.05) is 57.2 Å². The van der Waals surface area contributed by atoms with Crippen LogP contribution in [0.4, 0.5) is 5.69 Å². The molecule has 4 heteroatoms. The molecule has 1 fully saturated rings. The zero-order valence-corrected chi connectivity index (χ0v) is 16.5. The summed E-state index contributed by atoms with van der Waals surface area (Å²) >= 11 is 0. The molecule has 1 aliphatic rings. The van der Waals surface area contributed by atoms with Gasteiger partial charge in [0.2, 0.25) is 0 Å². The molecule has 1 aromatic carbocycles. The number of aryl methyl sites for hydroxylation is 1. The van der Waals surface area contributed by atoms with Gasteiger partial charge in [0.25, 0.3) is 0 Å². The number of para-hydroxylation sites is 1. The highest BCUT2D eigenvalue weighted by atomic mass is 16.6. The zero-order valence-electron chi connectivity index (χ0n) is 16.5. The van der Waals surface area contributed by atoms with Crippen molar-refractivity contribution in [2.45, 2.75) is 77.7 Å². The molecule has 0 spiro atoms. The van der Waals surface area contributed by atoms with Crippen LogP contribution >= 0.6 is 0 Å². The SMILES string of the molecule is CCc1ccccc1NCC(=O)OC(C)(C)CC(=O)CC1CCCCC1. The summed E-state index contributed by atoms with van der Waals surface area (Å²) in [5.74, 6) is 0.403. The van der Waals surface area contributed by atoms with E-state index in [-0.39, 0.29) is 18.3 Å². The highest BCUT2D eigenvalue weighted by molar-refractivity contribution is 5.81. The van der Waals surface area contributed by atoms with Crippen LogP contribution in [0.5, 0.6) is 0 Å². The van der Waals surface area contributed by atoms with E-state index in [1.165, 1.54) is 24.8 Å². The monoisotopic (exact) mass is 359 g/mol. The maximum absolute atomic E-state index is 12.4. The molecule has 0 atom stereocenters. The van der Waals surface area contributed by atoms with Gasteiger partial charge in [-0.3, -0.25) is 9.59 Å². The Morgan fingerprint density at radius 1 is 1.15 bits per heavy atom. The molecule has 2 rings (SSSR count). The van der Waals surface area contributed by atoms with Crippen LogP contribution in [0.1, 0.15) is 71.3 Å². The second-order valence-corrected chi connectivity index (χ2v) is 8.02. The van der Waals surface area contributed by atoms with Crippen molar-refractivity contribution in [3.05, 3.63) is 29.8 Å². The largest absolute Gasteiger partial charge is 0.458 e. The third kappa shape index (κ3) is 6.81. The van der Waals surface area contributed by atoms with Gasteiger partial charge < -0.3 is 10.1 Å². The molecule has 4 nitrogen and oxygen atoms in total. The van der Waals surface area contributed by atoms with Gasteiger partial charge in [-0.15, -0.1) is 0 Å². The van der Waals surface area contributed by atoms with Crippen molar-refractivity contribution in [3.63, 3.8) is 0 Å². The minimum absolute atomic E-state index is 0.108. The van der Waals surface area contributed by atoms with E-state index in [9.17, 15) is 9.59 Å². The number of nitrogens with one attached hydrogen (secondary N) is 1. The third-order valence-electron chi connectivity index (χ3n) is 5.08. The number of anilines is 1. The van der Waals surface area contributed by atoms with Crippen LogP contribution in [-0.4, -0.2) is 23.9 Å². The van der Waals surface area contributed by atoms with Crippen molar-refractivity contribution in [1.82, 2.24) is 0 Å². The highest BCUT2D eigenvalue weighted by Gasteiger charge is 2.28. The predicted octanol–water partition coefficient (Wildman–Crippen LogP) is 4.91. The van der Waals surface area contributed by atoms with Gasteiger partial charge in [-0.2, -0.15) is 0 Å². The smallest absolute Gasteiger partial charge is 0.325 e. The number of rotatable bonds is 9. The fourth-order valence-corrected chi connectivity index (χ4v) is 3.81. The summed E-state index contributed by atoms with van der Waals surface area (Å²) in [5.41, 5.74) is 1.37. The summed E-state index contributed by atoms with van der Waals surface area (Å²) in [6, 6.07) is 7.94. The molecular formula is C22H33NO3. The molecule has 0 aliphatic heterocycles. The molecule has 0 heterocycles. The summed E-state index contributed by atoms with van der Waals surface area (Å²) < 4.78 is 5.57. The number of carbonyl (C=O) groups is 2. The first-order valence-corrected chi connectivity index (χ1v) is 9.95. The lowest BCUT2D eigenvalue weighted by molar-refractivity contribution is -0.156. The lowest BCUT2D eigenvalue weighted by Crippen LogP contribution is -2.34. The fraction of sp³-hybridized carbons (Fsp3) is 0.636. The first-order chi connectivity index (χ1) is 12.4. The van der Waals surface area contributed by atoms with Crippen LogP contribution in [0.3, 0.4) is 0 Å². The van der Waals surface area contributed by atoms with Crippen molar-refractivity contribution in [2.75, 3.05) is 11.9 Å². The maximum atomic E-state index is 12.4. The van der Waals surface area contributed by atoms with Crippen LogP contribution in [0.25, 0.3) is 0 Å².